The molecule has 0 bridgehead atoms. The predicted octanol–water partition coefficient (Wildman–Crippen LogP) is -0.236. The van der Waals surface area contributed by atoms with E-state index in [0.717, 1.165) is 0 Å². The summed E-state index contributed by atoms with van der Waals surface area (Å²) in [6.45, 7) is 3.77. The molecule has 1 aromatic heterocycles. The summed E-state index contributed by atoms with van der Waals surface area (Å²) in [4.78, 5) is 0. The molecule has 6 heteroatoms. The lowest BCUT2D eigenvalue weighted by Gasteiger charge is -1.92. The van der Waals surface area contributed by atoms with Crippen LogP contribution in [0.1, 0.15) is 0 Å². The van der Waals surface area contributed by atoms with Crippen molar-refractivity contribution in [3.63, 3.8) is 0 Å². The van der Waals surface area contributed by atoms with E-state index in [2.05, 4.69) is 6.58 Å². The van der Waals surface area contributed by atoms with Gasteiger partial charge in [-0.05, 0) is 0 Å². The maximum Gasteiger partial charge on any atom is 0.268 e. The molecule has 0 radical (unpaired) electrons. The molecular weight excluding hydrogens is 192 g/mol. The summed E-state index contributed by atoms with van der Waals surface area (Å²) in [5, 5.41) is 0. The van der Waals surface area contributed by atoms with Gasteiger partial charge in [0.05, 0.1) is 6.20 Å². The molecule has 0 aromatic carbocycles. The van der Waals surface area contributed by atoms with E-state index < -0.39 is 10.1 Å². The molecule has 13 heavy (non-hydrogen) atoms. The van der Waals surface area contributed by atoms with Crippen LogP contribution in [0.3, 0.4) is 0 Å². The van der Waals surface area contributed by atoms with Gasteiger partial charge in [0, 0.05) is 0 Å². The Kier molecular flexibility index (Phi) is 2.84. The molecular formula is C7H11N2O3S+. The lowest BCUT2D eigenvalue weighted by Crippen LogP contribution is -2.34. The Balaban J connectivity index is 2.60. The highest BCUT2D eigenvalue weighted by molar-refractivity contribution is 7.85. The SMILES string of the molecule is C=Cn1cc[n+](CCS(=O)(=O)O)c1. The molecule has 0 atom stereocenters. The summed E-state index contributed by atoms with van der Waals surface area (Å²) < 4.78 is 32.6. The van der Waals surface area contributed by atoms with E-state index in [1.807, 2.05) is 0 Å². The van der Waals surface area contributed by atoms with Crippen LogP contribution in [0.2, 0.25) is 0 Å². The third-order valence-electron chi connectivity index (χ3n) is 1.53. The normalized spacial score (nSPS) is 11.5. The average molecular weight is 203 g/mol. The molecule has 1 N–H and O–H groups in total. The number of hydrogen-bond acceptors (Lipinski definition) is 2. The van der Waals surface area contributed by atoms with Gasteiger partial charge in [0.1, 0.15) is 24.7 Å². The number of rotatable bonds is 4. The highest BCUT2D eigenvalue weighted by atomic mass is 32.2. The first-order valence-corrected chi connectivity index (χ1v) is 5.26. The minimum atomic E-state index is -3.88. The molecule has 0 aliphatic rings. The first-order chi connectivity index (χ1) is 6.01. The van der Waals surface area contributed by atoms with Crippen LogP contribution in [-0.2, 0) is 16.7 Å². The Morgan fingerprint density at radius 3 is 2.77 bits per heavy atom. The molecule has 0 aliphatic heterocycles. The van der Waals surface area contributed by atoms with Crippen molar-refractivity contribution >= 4 is 16.3 Å². The molecule has 0 fully saturated rings. The Hall–Kier alpha value is -1.14. The maximum atomic E-state index is 10.4. The standard InChI is InChI=1S/C7H10N2O3S/c1-2-8-3-4-9(7-8)5-6-13(10,11)12/h2-4,7H,1,5-6H2/p+1. The Labute approximate surface area is 76.7 Å². The number of aryl methyl sites for hydroxylation is 1. The zero-order valence-electron chi connectivity index (χ0n) is 7.00. The number of aromatic nitrogens is 2. The summed E-state index contributed by atoms with van der Waals surface area (Å²) in [6, 6.07) is 0. The Morgan fingerprint density at radius 1 is 1.62 bits per heavy atom. The molecule has 1 heterocycles. The number of nitrogens with zero attached hydrogens (tertiary/aromatic N) is 2. The summed E-state index contributed by atoms with van der Waals surface area (Å²) in [5.74, 6) is -0.279. The van der Waals surface area contributed by atoms with Crippen molar-refractivity contribution in [2.45, 2.75) is 6.54 Å². The van der Waals surface area contributed by atoms with Gasteiger partial charge in [-0.2, -0.15) is 8.42 Å². The average Bonchev–Trinajstić information content (AvgIpc) is 2.47. The first-order valence-electron chi connectivity index (χ1n) is 3.65. The molecule has 0 spiro atoms. The topological polar surface area (TPSA) is 63.2 Å². The van der Waals surface area contributed by atoms with Crippen molar-refractivity contribution in [1.82, 2.24) is 4.57 Å². The molecule has 0 aliphatic carbocycles. The molecule has 0 unspecified atom stereocenters. The fourth-order valence-corrected chi connectivity index (χ4v) is 1.31. The van der Waals surface area contributed by atoms with Crippen LogP contribution in [0.25, 0.3) is 6.20 Å². The number of hydrogen-bond donors (Lipinski definition) is 1. The summed E-state index contributed by atoms with van der Waals surface area (Å²) in [7, 11) is -3.88. The highest BCUT2D eigenvalue weighted by Gasteiger charge is 2.08. The quantitative estimate of drug-likeness (QED) is 0.543. The van der Waals surface area contributed by atoms with Crippen LogP contribution in [0.4, 0.5) is 0 Å². The van der Waals surface area contributed by atoms with Gasteiger partial charge in [-0.1, -0.05) is 6.58 Å². The van der Waals surface area contributed by atoms with Gasteiger partial charge in [-0.25, -0.2) is 9.13 Å². The van der Waals surface area contributed by atoms with Crippen molar-refractivity contribution in [2.24, 2.45) is 0 Å². The van der Waals surface area contributed by atoms with Crippen LogP contribution in [0.5, 0.6) is 0 Å². The van der Waals surface area contributed by atoms with Crippen molar-refractivity contribution in [3.8, 4) is 0 Å². The van der Waals surface area contributed by atoms with Crippen molar-refractivity contribution in [1.29, 1.82) is 0 Å². The van der Waals surface area contributed by atoms with E-state index in [4.69, 9.17) is 4.55 Å². The second kappa shape index (κ2) is 3.71. The third-order valence-corrected chi connectivity index (χ3v) is 2.23. The number of imidazole rings is 1. The second-order valence-electron chi connectivity index (χ2n) is 2.57. The van der Waals surface area contributed by atoms with Crippen molar-refractivity contribution in [2.75, 3.05) is 5.75 Å². The van der Waals surface area contributed by atoms with Crippen LogP contribution < -0.4 is 4.57 Å². The predicted molar refractivity (Wildman–Crippen MR) is 47.4 cm³/mol. The highest BCUT2D eigenvalue weighted by Crippen LogP contribution is 1.85. The van der Waals surface area contributed by atoms with E-state index in [9.17, 15) is 8.42 Å². The van der Waals surface area contributed by atoms with Gasteiger partial charge in [0.2, 0.25) is 6.33 Å². The van der Waals surface area contributed by atoms with E-state index in [-0.39, 0.29) is 12.3 Å². The van der Waals surface area contributed by atoms with E-state index in [0.29, 0.717) is 0 Å². The lowest BCUT2D eigenvalue weighted by atomic mass is 10.7. The van der Waals surface area contributed by atoms with Crippen molar-refractivity contribution < 1.29 is 17.5 Å². The van der Waals surface area contributed by atoms with Crippen LogP contribution in [0.15, 0.2) is 25.3 Å². The maximum absolute atomic E-state index is 10.4. The van der Waals surface area contributed by atoms with E-state index in [1.54, 1.807) is 34.1 Å². The van der Waals surface area contributed by atoms with E-state index in [1.165, 1.54) is 0 Å². The van der Waals surface area contributed by atoms with Gasteiger partial charge in [-0.3, -0.25) is 4.55 Å². The fourth-order valence-electron chi connectivity index (χ4n) is 0.872. The van der Waals surface area contributed by atoms with Gasteiger partial charge in [-0.15, -0.1) is 0 Å². The first kappa shape index (κ1) is 9.94. The smallest absolute Gasteiger partial charge is 0.268 e. The molecule has 0 amide bonds. The zero-order valence-corrected chi connectivity index (χ0v) is 7.81. The minimum Gasteiger partial charge on any atom is -0.285 e. The van der Waals surface area contributed by atoms with Gasteiger partial charge < -0.3 is 0 Å². The molecule has 1 aromatic rings. The van der Waals surface area contributed by atoms with Crippen LogP contribution in [0, 0.1) is 0 Å². The molecule has 72 valence electrons. The van der Waals surface area contributed by atoms with Crippen LogP contribution in [-0.4, -0.2) is 23.3 Å². The Bertz CT molecular complexity index is 394. The molecule has 5 nitrogen and oxygen atoms in total. The molecule has 0 saturated carbocycles. The summed E-state index contributed by atoms with van der Waals surface area (Å²) >= 11 is 0. The second-order valence-corrected chi connectivity index (χ2v) is 4.14. The molecule has 0 saturated heterocycles. The van der Waals surface area contributed by atoms with Gasteiger partial charge in [0.15, 0.2) is 0 Å². The lowest BCUT2D eigenvalue weighted by molar-refractivity contribution is -0.691. The Morgan fingerprint density at radius 2 is 2.31 bits per heavy atom. The largest absolute Gasteiger partial charge is 0.285 e. The summed E-state index contributed by atoms with van der Waals surface area (Å²) in [6.07, 6.45) is 6.70. The third kappa shape index (κ3) is 3.39. The van der Waals surface area contributed by atoms with E-state index >= 15 is 0 Å². The monoisotopic (exact) mass is 203 g/mol. The van der Waals surface area contributed by atoms with Crippen molar-refractivity contribution in [3.05, 3.63) is 25.3 Å². The summed E-state index contributed by atoms with van der Waals surface area (Å²) in [5.41, 5.74) is 0. The van der Waals surface area contributed by atoms with Gasteiger partial charge in [0.25, 0.3) is 10.1 Å². The molecule has 1 rings (SSSR count). The minimum absolute atomic E-state index is 0.236. The van der Waals surface area contributed by atoms with Gasteiger partial charge >= 0.3 is 0 Å². The zero-order chi connectivity index (χ0) is 9.90. The fraction of sp³-hybridized carbons (Fsp3) is 0.286. The van der Waals surface area contributed by atoms with Crippen LogP contribution >= 0.6 is 0 Å².